The molecular formula is C29H33NO7. The van der Waals surface area contributed by atoms with Crippen LogP contribution in [0.5, 0.6) is 23.0 Å². The van der Waals surface area contributed by atoms with Crippen molar-refractivity contribution < 1.29 is 33.7 Å². The molecule has 0 spiro atoms. The number of aliphatic hydroxyl groups excluding tert-OH is 1. The molecule has 0 bridgehead atoms. The first-order valence-electron chi connectivity index (χ1n) is 11.9. The van der Waals surface area contributed by atoms with Crippen LogP contribution < -0.4 is 19.0 Å². The van der Waals surface area contributed by atoms with Gasteiger partial charge in [0.2, 0.25) is 0 Å². The Bertz CT molecular complexity index is 1180. The predicted molar refractivity (Wildman–Crippen MR) is 142 cm³/mol. The van der Waals surface area contributed by atoms with E-state index < -0.39 is 12.1 Å². The summed E-state index contributed by atoms with van der Waals surface area (Å²) in [4.78, 5) is 18.5. The molecule has 0 radical (unpaired) electrons. The zero-order chi connectivity index (χ0) is 26.6. The van der Waals surface area contributed by atoms with E-state index in [-0.39, 0.29) is 13.2 Å². The summed E-state index contributed by atoms with van der Waals surface area (Å²) < 4.78 is 21.5. The summed E-state index contributed by atoms with van der Waals surface area (Å²) in [6.45, 7) is 2.70. The summed E-state index contributed by atoms with van der Waals surface area (Å²) in [5, 5.41) is 12.3. The molecule has 0 aliphatic carbocycles. The van der Waals surface area contributed by atoms with E-state index in [2.05, 4.69) is 0 Å². The predicted octanol–water partition coefficient (Wildman–Crippen LogP) is 4.47. The first-order chi connectivity index (χ1) is 18.0. The Morgan fingerprint density at radius 1 is 0.892 bits per heavy atom. The van der Waals surface area contributed by atoms with E-state index in [9.17, 15) is 9.90 Å². The molecule has 0 saturated carbocycles. The van der Waals surface area contributed by atoms with Crippen LogP contribution in [0, 0.1) is 0 Å². The second-order valence-corrected chi connectivity index (χ2v) is 8.00. The van der Waals surface area contributed by atoms with E-state index in [0.717, 1.165) is 0 Å². The van der Waals surface area contributed by atoms with Crippen molar-refractivity contribution in [2.75, 3.05) is 41.0 Å². The summed E-state index contributed by atoms with van der Waals surface area (Å²) in [5.74, 6) is 1.88. The van der Waals surface area contributed by atoms with Gasteiger partial charge in [0, 0.05) is 12.1 Å². The quantitative estimate of drug-likeness (QED) is 0.157. The molecule has 0 aliphatic rings. The summed E-state index contributed by atoms with van der Waals surface area (Å²) in [6, 6.07) is 21.7. The smallest absolute Gasteiger partial charge is 0.338 e. The van der Waals surface area contributed by atoms with Gasteiger partial charge in [-0.05, 0) is 48.9 Å². The summed E-state index contributed by atoms with van der Waals surface area (Å²) >= 11 is 0. The average molecular weight is 508 g/mol. The number of nitrogens with zero attached hydrogens (tertiary/aromatic N) is 1. The van der Waals surface area contributed by atoms with Crippen LogP contribution in [0.3, 0.4) is 0 Å². The molecule has 8 nitrogen and oxygen atoms in total. The number of likely N-dealkylation sites (N-methyl/N-ethyl adjacent to an activating group) is 1. The third-order valence-electron chi connectivity index (χ3n) is 5.52. The maximum absolute atomic E-state index is 12.6. The number of carbonyl (C=O) groups is 1. The molecule has 1 N–H and O–H groups in total. The lowest BCUT2D eigenvalue weighted by Crippen LogP contribution is -2.37. The Morgan fingerprint density at radius 2 is 1.54 bits per heavy atom. The summed E-state index contributed by atoms with van der Waals surface area (Å²) in [6.07, 6.45) is 0.867. The van der Waals surface area contributed by atoms with Crippen LogP contribution in [0.25, 0.3) is 11.6 Å². The summed E-state index contributed by atoms with van der Waals surface area (Å²) in [7, 11) is 4.50. The molecule has 196 valence electrons. The van der Waals surface area contributed by atoms with Gasteiger partial charge in [-0.1, -0.05) is 42.5 Å². The highest BCUT2D eigenvalue weighted by atomic mass is 16.7. The second-order valence-electron chi connectivity index (χ2n) is 8.00. The highest BCUT2D eigenvalue weighted by Gasteiger charge is 2.17. The van der Waals surface area contributed by atoms with Crippen molar-refractivity contribution in [1.82, 2.24) is 5.06 Å². The number of esters is 1. The lowest BCUT2D eigenvalue weighted by atomic mass is 10.0. The zero-order valence-electron chi connectivity index (χ0n) is 21.5. The molecule has 37 heavy (non-hydrogen) atoms. The Balaban J connectivity index is 1.72. The van der Waals surface area contributed by atoms with Crippen molar-refractivity contribution in [2.24, 2.45) is 0 Å². The number of hydrogen-bond acceptors (Lipinski definition) is 8. The van der Waals surface area contributed by atoms with Gasteiger partial charge in [-0.15, -0.1) is 5.06 Å². The molecule has 1 unspecified atom stereocenters. The van der Waals surface area contributed by atoms with Gasteiger partial charge < -0.3 is 28.9 Å². The summed E-state index contributed by atoms with van der Waals surface area (Å²) in [5.41, 5.74) is 1.71. The van der Waals surface area contributed by atoms with Crippen molar-refractivity contribution in [2.45, 2.75) is 13.0 Å². The minimum Gasteiger partial charge on any atom is -0.497 e. The number of para-hydroxylation sites is 3. The SMILES string of the molecule is CCN(CC(O)COc1ccccc1/C=C(/C(=O)OC)c1ccc(OC)cc1)Oc1ccccc1OC. The Morgan fingerprint density at radius 3 is 2.16 bits per heavy atom. The minimum atomic E-state index is -0.839. The molecule has 1 atom stereocenters. The van der Waals surface area contributed by atoms with Crippen molar-refractivity contribution >= 4 is 17.6 Å². The van der Waals surface area contributed by atoms with Crippen molar-refractivity contribution in [3.63, 3.8) is 0 Å². The zero-order valence-corrected chi connectivity index (χ0v) is 21.5. The van der Waals surface area contributed by atoms with Gasteiger partial charge in [0.05, 0.1) is 33.4 Å². The number of methoxy groups -OCH3 is 3. The number of ether oxygens (including phenoxy) is 4. The topological polar surface area (TPSA) is 86.7 Å². The molecular weight excluding hydrogens is 474 g/mol. The molecule has 0 fully saturated rings. The first-order valence-corrected chi connectivity index (χ1v) is 11.9. The lowest BCUT2D eigenvalue weighted by molar-refractivity contribution is -0.133. The number of aliphatic hydroxyl groups is 1. The van der Waals surface area contributed by atoms with Crippen molar-refractivity contribution in [1.29, 1.82) is 0 Å². The van der Waals surface area contributed by atoms with Gasteiger partial charge in [-0.3, -0.25) is 0 Å². The first kappa shape index (κ1) is 27.6. The maximum Gasteiger partial charge on any atom is 0.338 e. The average Bonchev–Trinajstić information content (AvgIpc) is 2.94. The maximum atomic E-state index is 12.6. The Kier molecular flexibility index (Phi) is 10.4. The van der Waals surface area contributed by atoms with Gasteiger partial charge in [0.25, 0.3) is 0 Å². The van der Waals surface area contributed by atoms with Crippen LogP contribution in [0.1, 0.15) is 18.1 Å². The van der Waals surface area contributed by atoms with Crippen LogP contribution in [0.15, 0.2) is 72.8 Å². The third kappa shape index (κ3) is 7.73. The fourth-order valence-corrected chi connectivity index (χ4v) is 3.57. The highest BCUT2D eigenvalue weighted by molar-refractivity contribution is 6.21. The largest absolute Gasteiger partial charge is 0.497 e. The normalized spacial score (nSPS) is 12.1. The Labute approximate surface area is 217 Å². The minimum absolute atomic E-state index is 0.0206. The van der Waals surface area contributed by atoms with Gasteiger partial charge in [-0.2, -0.15) is 0 Å². The second kappa shape index (κ2) is 13.9. The van der Waals surface area contributed by atoms with E-state index in [4.69, 9.17) is 23.8 Å². The molecule has 0 heterocycles. The van der Waals surface area contributed by atoms with Crippen LogP contribution in [0.2, 0.25) is 0 Å². The third-order valence-corrected chi connectivity index (χ3v) is 5.52. The van der Waals surface area contributed by atoms with Gasteiger partial charge in [-0.25, -0.2) is 4.79 Å². The van der Waals surface area contributed by atoms with Crippen molar-refractivity contribution in [3.8, 4) is 23.0 Å². The number of hydroxylamine groups is 2. The van der Waals surface area contributed by atoms with E-state index in [1.54, 1.807) is 61.8 Å². The molecule has 8 heteroatoms. The van der Waals surface area contributed by atoms with E-state index in [1.807, 2.05) is 43.3 Å². The monoisotopic (exact) mass is 507 g/mol. The van der Waals surface area contributed by atoms with Crippen LogP contribution in [-0.2, 0) is 9.53 Å². The number of hydrogen-bond donors (Lipinski definition) is 1. The van der Waals surface area contributed by atoms with E-state index in [0.29, 0.717) is 46.2 Å². The van der Waals surface area contributed by atoms with E-state index in [1.165, 1.54) is 7.11 Å². The number of carbonyl (C=O) groups excluding carboxylic acids is 1. The van der Waals surface area contributed by atoms with Gasteiger partial charge >= 0.3 is 5.97 Å². The highest BCUT2D eigenvalue weighted by Crippen LogP contribution is 2.28. The molecule has 0 amide bonds. The van der Waals surface area contributed by atoms with Crippen LogP contribution >= 0.6 is 0 Å². The van der Waals surface area contributed by atoms with Gasteiger partial charge in [0.1, 0.15) is 24.2 Å². The van der Waals surface area contributed by atoms with Crippen LogP contribution in [0.4, 0.5) is 0 Å². The van der Waals surface area contributed by atoms with E-state index >= 15 is 0 Å². The fourth-order valence-electron chi connectivity index (χ4n) is 3.57. The molecule has 3 aromatic carbocycles. The molecule has 3 rings (SSSR count). The van der Waals surface area contributed by atoms with Gasteiger partial charge in [0.15, 0.2) is 11.5 Å². The van der Waals surface area contributed by atoms with Crippen molar-refractivity contribution in [3.05, 3.63) is 83.9 Å². The molecule has 0 saturated heterocycles. The standard InChI is InChI=1S/C29H33NO7/c1-5-30(37-28-13-9-8-12-27(28)34-3)19-23(31)20-36-26-11-7-6-10-22(26)18-25(29(32)35-4)21-14-16-24(33-2)17-15-21/h6-18,23,31H,5,19-20H2,1-4H3/b25-18+. The molecule has 0 aromatic heterocycles. The lowest BCUT2D eigenvalue weighted by Gasteiger charge is -2.24. The Hall–Kier alpha value is -4.01. The number of benzene rings is 3. The van der Waals surface area contributed by atoms with Crippen LogP contribution in [-0.4, -0.2) is 63.3 Å². The number of rotatable bonds is 13. The fraction of sp³-hybridized carbons (Fsp3) is 0.276. The molecule has 0 aliphatic heterocycles. The molecule has 3 aromatic rings.